The maximum Gasteiger partial charge on any atom is 0.225 e. The van der Waals surface area contributed by atoms with Gasteiger partial charge in [0.1, 0.15) is 0 Å². The van der Waals surface area contributed by atoms with Gasteiger partial charge in [-0.25, -0.2) is 0 Å². The topological polar surface area (TPSA) is 61.8 Å². The van der Waals surface area contributed by atoms with Crippen molar-refractivity contribution >= 4 is 5.91 Å². The Bertz CT molecular complexity index is 254. The number of carbonyl (C=O) groups is 1. The van der Waals surface area contributed by atoms with Crippen molar-refractivity contribution in [3.63, 3.8) is 0 Å². The molecule has 2 atom stereocenters. The first kappa shape index (κ1) is 12.8. The van der Waals surface area contributed by atoms with Crippen molar-refractivity contribution in [1.82, 2.24) is 10.2 Å². The van der Waals surface area contributed by atoms with Crippen LogP contribution in [0.25, 0.3) is 0 Å². The maximum atomic E-state index is 12.1. The van der Waals surface area contributed by atoms with Gasteiger partial charge in [0.05, 0.1) is 31.8 Å². The van der Waals surface area contributed by atoms with Crippen LogP contribution < -0.4 is 5.32 Å². The standard InChI is InChI=1S/C12H22N2O3/c15-9-10-3-1-2-5-14(10)12(16)7-11-8-13-4-6-17-11/h10-11,13,15H,1-9H2. The van der Waals surface area contributed by atoms with E-state index in [1.807, 2.05) is 4.90 Å². The van der Waals surface area contributed by atoms with Crippen LogP contribution in [0, 0.1) is 0 Å². The first-order valence-corrected chi connectivity index (χ1v) is 6.54. The van der Waals surface area contributed by atoms with Crippen LogP contribution in [0.1, 0.15) is 25.7 Å². The van der Waals surface area contributed by atoms with Crippen molar-refractivity contribution in [2.24, 2.45) is 0 Å². The third-order valence-electron chi connectivity index (χ3n) is 3.56. The van der Waals surface area contributed by atoms with Crippen LogP contribution in [0.4, 0.5) is 0 Å². The molecule has 5 heteroatoms. The second-order valence-corrected chi connectivity index (χ2v) is 4.82. The fraction of sp³-hybridized carbons (Fsp3) is 0.917. The van der Waals surface area contributed by atoms with Crippen LogP contribution in [-0.2, 0) is 9.53 Å². The minimum Gasteiger partial charge on any atom is -0.394 e. The molecule has 0 radical (unpaired) electrons. The number of aliphatic hydroxyl groups excluding tert-OH is 1. The van der Waals surface area contributed by atoms with Crippen molar-refractivity contribution in [3.8, 4) is 0 Å². The number of ether oxygens (including phenoxy) is 1. The molecule has 0 aromatic rings. The molecule has 0 saturated carbocycles. The van der Waals surface area contributed by atoms with Crippen LogP contribution in [0.5, 0.6) is 0 Å². The highest BCUT2D eigenvalue weighted by Crippen LogP contribution is 2.18. The normalized spacial score (nSPS) is 30.3. The van der Waals surface area contributed by atoms with Gasteiger partial charge in [0.25, 0.3) is 0 Å². The van der Waals surface area contributed by atoms with Gasteiger partial charge in [0.15, 0.2) is 0 Å². The molecule has 0 spiro atoms. The molecule has 2 heterocycles. The van der Waals surface area contributed by atoms with Crippen molar-refractivity contribution in [3.05, 3.63) is 0 Å². The summed E-state index contributed by atoms with van der Waals surface area (Å²) in [6.07, 6.45) is 3.51. The number of nitrogens with zero attached hydrogens (tertiary/aromatic N) is 1. The smallest absolute Gasteiger partial charge is 0.225 e. The van der Waals surface area contributed by atoms with Crippen LogP contribution in [0.15, 0.2) is 0 Å². The summed E-state index contributed by atoms with van der Waals surface area (Å²) < 4.78 is 5.54. The van der Waals surface area contributed by atoms with Crippen molar-refractivity contribution in [2.75, 3.05) is 32.8 Å². The van der Waals surface area contributed by atoms with E-state index in [4.69, 9.17) is 4.74 Å². The van der Waals surface area contributed by atoms with Gasteiger partial charge in [-0.2, -0.15) is 0 Å². The molecule has 2 N–H and O–H groups in total. The molecule has 0 bridgehead atoms. The predicted octanol–water partition coefficient (Wildman–Crippen LogP) is -0.262. The summed E-state index contributed by atoms with van der Waals surface area (Å²) in [4.78, 5) is 14.0. The zero-order chi connectivity index (χ0) is 12.1. The first-order chi connectivity index (χ1) is 8.31. The molecule has 2 aliphatic heterocycles. The summed E-state index contributed by atoms with van der Waals surface area (Å²) in [6, 6.07) is 0.0211. The van der Waals surface area contributed by atoms with Gasteiger partial charge in [-0.1, -0.05) is 0 Å². The van der Waals surface area contributed by atoms with E-state index in [9.17, 15) is 9.90 Å². The molecule has 2 fully saturated rings. The third kappa shape index (κ3) is 3.40. The number of amides is 1. The fourth-order valence-corrected chi connectivity index (χ4v) is 2.58. The molecule has 2 rings (SSSR count). The van der Waals surface area contributed by atoms with Crippen LogP contribution in [-0.4, -0.2) is 60.9 Å². The molecule has 0 aromatic carbocycles. The minimum atomic E-state index is -0.00230. The zero-order valence-electron chi connectivity index (χ0n) is 10.2. The monoisotopic (exact) mass is 242 g/mol. The Morgan fingerprint density at radius 1 is 1.47 bits per heavy atom. The zero-order valence-corrected chi connectivity index (χ0v) is 10.2. The average molecular weight is 242 g/mol. The Hall–Kier alpha value is -0.650. The number of hydrogen-bond donors (Lipinski definition) is 2. The summed E-state index contributed by atoms with van der Waals surface area (Å²) >= 11 is 0. The lowest BCUT2D eigenvalue weighted by molar-refractivity contribution is -0.139. The van der Waals surface area contributed by atoms with Crippen LogP contribution in [0.3, 0.4) is 0 Å². The Kier molecular flexibility index (Phi) is 4.76. The molecule has 0 aliphatic carbocycles. The van der Waals surface area contributed by atoms with Gasteiger partial charge >= 0.3 is 0 Å². The molecule has 98 valence electrons. The van der Waals surface area contributed by atoms with E-state index >= 15 is 0 Å². The number of nitrogens with one attached hydrogen (secondary N) is 1. The Balaban J connectivity index is 1.84. The second kappa shape index (κ2) is 6.33. The molecule has 5 nitrogen and oxygen atoms in total. The molecule has 0 aromatic heterocycles. The highest BCUT2D eigenvalue weighted by atomic mass is 16.5. The molecule has 2 unspecified atom stereocenters. The molecule has 17 heavy (non-hydrogen) atoms. The predicted molar refractivity (Wildman–Crippen MR) is 63.7 cm³/mol. The van der Waals surface area contributed by atoms with Gasteiger partial charge in [0, 0.05) is 19.6 Å². The molecular formula is C12H22N2O3. The highest BCUT2D eigenvalue weighted by Gasteiger charge is 2.28. The number of rotatable bonds is 3. The summed E-state index contributed by atoms with van der Waals surface area (Å²) in [7, 11) is 0. The number of hydrogen-bond acceptors (Lipinski definition) is 4. The van der Waals surface area contributed by atoms with Crippen molar-refractivity contribution < 1.29 is 14.6 Å². The summed E-state index contributed by atoms with van der Waals surface area (Å²) in [5, 5.41) is 12.5. The van der Waals surface area contributed by atoms with Crippen LogP contribution in [0.2, 0.25) is 0 Å². The van der Waals surface area contributed by atoms with E-state index in [2.05, 4.69) is 5.32 Å². The molecule has 1 amide bonds. The lowest BCUT2D eigenvalue weighted by atomic mass is 10.0. The summed E-state index contributed by atoms with van der Waals surface area (Å²) in [5.41, 5.74) is 0. The van der Waals surface area contributed by atoms with Crippen molar-refractivity contribution in [1.29, 1.82) is 0 Å². The quantitative estimate of drug-likeness (QED) is 0.716. The number of likely N-dealkylation sites (tertiary alicyclic amines) is 1. The lowest BCUT2D eigenvalue weighted by Gasteiger charge is -2.36. The van der Waals surface area contributed by atoms with Gasteiger partial charge in [-0.15, -0.1) is 0 Å². The molecular weight excluding hydrogens is 220 g/mol. The Labute approximate surface area is 102 Å². The molecule has 2 saturated heterocycles. The average Bonchev–Trinajstić information content (AvgIpc) is 2.40. The summed E-state index contributed by atoms with van der Waals surface area (Å²) in [6.45, 7) is 3.16. The molecule has 2 aliphatic rings. The number of piperidine rings is 1. The van der Waals surface area contributed by atoms with E-state index in [-0.39, 0.29) is 24.7 Å². The lowest BCUT2D eigenvalue weighted by Crippen LogP contribution is -2.48. The van der Waals surface area contributed by atoms with E-state index < -0.39 is 0 Å². The summed E-state index contributed by atoms with van der Waals surface area (Å²) in [5.74, 6) is 0.123. The van der Waals surface area contributed by atoms with Gasteiger partial charge in [-0.05, 0) is 19.3 Å². The SMILES string of the molecule is O=C(CC1CNCCO1)N1CCCCC1CO. The Morgan fingerprint density at radius 2 is 2.35 bits per heavy atom. The number of aliphatic hydroxyl groups is 1. The number of morpholine rings is 1. The van der Waals surface area contributed by atoms with Gasteiger partial charge in [0.2, 0.25) is 5.91 Å². The number of carbonyl (C=O) groups excluding carboxylic acids is 1. The third-order valence-corrected chi connectivity index (χ3v) is 3.56. The second-order valence-electron chi connectivity index (χ2n) is 4.82. The maximum absolute atomic E-state index is 12.1. The van der Waals surface area contributed by atoms with E-state index in [0.29, 0.717) is 13.0 Å². The van der Waals surface area contributed by atoms with Crippen molar-refractivity contribution in [2.45, 2.75) is 37.8 Å². The van der Waals surface area contributed by atoms with E-state index in [0.717, 1.165) is 38.9 Å². The largest absolute Gasteiger partial charge is 0.394 e. The fourth-order valence-electron chi connectivity index (χ4n) is 2.58. The van der Waals surface area contributed by atoms with E-state index in [1.54, 1.807) is 0 Å². The Morgan fingerprint density at radius 3 is 3.06 bits per heavy atom. The van der Waals surface area contributed by atoms with Gasteiger partial charge < -0.3 is 20.1 Å². The van der Waals surface area contributed by atoms with Crippen LogP contribution >= 0.6 is 0 Å². The minimum absolute atomic E-state index is 0.00230. The highest BCUT2D eigenvalue weighted by molar-refractivity contribution is 5.77. The first-order valence-electron chi connectivity index (χ1n) is 6.54. The van der Waals surface area contributed by atoms with E-state index in [1.165, 1.54) is 0 Å². The van der Waals surface area contributed by atoms with Gasteiger partial charge in [-0.3, -0.25) is 4.79 Å².